The molecule has 0 saturated carbocycles. The second kappa shape index (κ2) is 12.1. The quantitative estimate of drug-likeness (QED) is 0.469. The van der Waals surface area contributed by atoms with Gasteiger partial charge < -0.3 is 10.1 Å². The van der Waals surface area contributed by atoms with E-state index in [9.17, 15) is 4.21 Å². The summed E-state index contributed by atoms with van der Waals surface area (Å²) in [6.07, 6.45) is 7.23. The maximum atomic E-state index is 10.7. The molecule has 1 heterocycles. The zero-order valence-corrected chi connectivity index (χ0v) is 16.1. The van der Waals surface area contributed by atoms with Crippen LogP contribution < -0.4 is 10.1 Å². The Bertz CT molecular complexity index is 526. The first-order valence-electron chi connectivity index (χ1n) is 7.54. The molecule has 0 aliphatic heterocycles. The van der Waals surface area contributed by atoms with Crippen LogP contribution in [-0.2, 0) is 24.4 Å². The van der Waals surface area contributed by atoms with Crippen molar-refractivity contribution in [3.8, 4) is 5.88 Å². The van der Waals surface area contributed by atoms with Crippen LogP contribution in [0.5, 0.6) is 5.88 Å². The lowest BCUT2D eigenvalue weighted by molar-refractivity contribution is 0.292. The lowest BCUT2D eigenvalue weighted by atomic mass is 10.1. The average molecular weight is 427 g/mol. The largest absolute Gasteiger partial charge is 0.478 e. The standard InChI is InChI=1S/C14H23BrN2O4S2/c15-13-6-7-14(17-12-13)20-10-5-3-1-2-4-8-16-9-11-21-23(18,19)22/h6-7,12,16H,1-5,8-11H2,(H,18,19,22). The van der Waals surface area contributed by atoms with Crippen LogP contribution in [0, 0.1) is 0 Å². The maximum Gasteiger partial charge on any atom is 0.266 e. The predicted octanol–water partition coefficient (Wildman–Crippen LogP) is 2.91. The number of hydrogen-bond donors (Lipinski definition) is 2. The van der Waals surface area contributed by atoms with Gasteiger partial charge in [-0.1, -0.05) is 19.3 Å². The molecule has 0 spiro atoms. The smallest absolute Gasteiger partial charge is 0.266 e. The summed E-state index contributed by atoms with van der Waals surface area (Å²) in [5.41, 5.74) is 0. The third-order valence-electron chi connectivity index (χ3n) is 2.96. The SMILES string of the molecule is O=S(O)(=S)OCCNCCCCCCCOc1ccc(Br)cn1. The second-order valence-electron chi connectivity index (χ2n) is 4.93. The number of aromatic nitrogens is 1. The van der Waals surface area contributed by atoms with Gasteiger partial charge in [-0.15, -0.1) is 0 Å². The van der Waals surface area contributed by atoms with Gasteiger partial charge in [-0.25, -0.2) is 4.98 Å². The topological polar surface area (TPSA) is 80.7 Å². The fourth-order valence-corrected chi connectivity index (χ4v) is 2.58. The van der Waals surface area contributed by atoms with Gasteiger partial charge in [0.05, 0.1) is 13.2 Å². The van der Waals surface area contributed by atoms with Gasteiger partial charge >= 0.3 is 0 Å². The van der Waals surface area contributed by atoms with Gasteiger partial charge in [0, 0.05) is 34.5 Å². The van der Waals surface area contributed by atoms with Crippen LogP contribution in [0.3, 0.4) is 0 Å². The highest BCUT2D eigenvalue weighted by Crippen LogP contribution is 2.12. The highest BCUT2D eigenvalue weighted by atomic mass is 79.9. The van der Waals surface area contributed by atoms with E-state index in [1.165, 1.54) is 0 Å². The van der Waals surface area contributed by atoms with Crippen molar-refractivity contribution < 1.29 is 17.7 Å². The van der Waals surface area contributed by atoms with Crippen LogP contribution in [0.4, 0.5) is 0 Å². The van der Waals surface area contributed by atoms with Crippen LogP contribution in [0.15, 0.2) is 22.8 Å². The van der Waals surface area contributed by atoms with Crippen molar-refractivity contribution in [1.82, 2.24) is 10.3 Å². The molecule has 0 aliphatic carbocycles. The van der Waals surface area contributed by atoms with Gasteiger partial charge in [0.2, 0.25) is 5.88 Å². The summed E-state index contributed by atoms with van der Waals surface area (Å²) in [7, 11) is -3.48. The fourth-order valence-electron chi connectivity index (χ4n) is 1.85. The minimum Gasteiger partial charge on any atom is -0.478 e. The summed E-state index contributed by atoms with van der Waals surface area (Å²) in [5.74, 6) is 0.658. The molecular formula is C14H23BrN2O4S2. The highest BCUT2D eigenvalue weighted by molar-refractivity contribution is 9.10. The molecule has 132 valence electrons. The van der Waals surface area contributed by atoms with Gasteiger partial charge in [0.1, 0.15) is 0 Å². The first kappa shape index (κ1) is 20.7. The number of halogens is 1. The minimum atomic E-state index is -3.48. The molecule has 6 nitrogen and oxygen atoms in total. The molecule has 0 fully saturated rings. The summed E-state index contributed by atoms with van der Waals surface area (Å²) in [5, 5.41) is 3.14. The van der Waals surface area contributed by atoms with E-state index in [2.05, 4.69) is 41.6 Å². The Kier molecular flexibility index (Phi) is 10.9. The maximum absolute atomic E-state index is 10.7. The Hall–Kier alpha value is -0.320. The number of hydrogen-bond acceptors (Lipinski definition) is 6. The number of nitrogens with zero attached hydrogens (tertiary/aromatic N) is 1. The van der Waals surface area contributed by atoms with E-state index in [0.29, 0.717) is 19.0 Å². The molecule has 1 rings (SSSR count). The van der Waals surface area contributed by atoms with Crippen molar-refractivity contribution >= 4 is 36.2 Å². The van der Waals surface area contributed by atoms with Crippen molar-refractivity contribution in [3.63, 3.8) is 0 Å². The van der Waals surface area contributed by atoms with Crippen LogP contribution in [0.25, 0.3) is 0 Å². The van der Waals surface area contributed by atoms with Crippen molar-refractivity contribution in [2.75, 3.05) is 26.3 Å². The molecule has 0 saturated heterocycles. The van der Waals surface area contributed by atoms with E-state index in [-0.39, 0.29) is 6.61 Å². The minimum absolute atomic E-state index is 0.153. The molecule has 1 atom stereocenters. The zero-order valence-electron chi connectivity index (χ0n) is 12.9. The van der Waals surface area contributed by atoms with Crippen LogP contribution >= 0.6 is 15.9 Å². The molecule has 0 aliphatic rings. The van der Waals surface area contributed by atoms with Crippen molar-refractivity contribution in [3.05, 3.63) is 22.8 Å². The zero-order chi connectivity index (χ0) is 17.0. The summed E-state index contributed by atoms with van der Waals surface area (Å²) in [6.45, 7) is 2.24. The Balaban J connectivity index is 1.84. The number of rotatable bonds is 13. The molecule has 1 unspecified atom stereocenters. The second-order valence-corrected chi connectivity index (χ2v) is 8.20. The Morgan fingerprint density at radius 2 is 1.91 bits per heavy atom. The molecule has 9 heteroatoms. The van der Waals surface area contributed by atoms with Crippen molar-refractivity contribution in [2.45, 2.75) is 32.1 Å². The summed E-state index contributed by atoms with van der Waals surface area (Å²) >= 11 is 7.54. The monoisotopic (exact) mass is 426 g/mol. The average Bonchev–Trinajstić information content (AvgIpc) is 2.49. The molecule has 0 radical (unpaired) electrons. The van der Waals surface area contributed by atoms with Crippen LogP contribution in [-0.4, -0.2) is 40.0 Å². The third kappa shape index (κ3) is 12.7. The van der Waals surface area contributed by atoms with Crippen molar-refractivity contribution in [2.24, 2.45) is 0 Å². The normalized spacial score (nSPS) is 13.7. The molecule has 23 heavy (non-hydrogen) atoms. The first-order valence-corrected chi connectivity index (χ1v) is 10.7. The van der Waals surface area contributed by atoms with E-state index in [1.54, 1.807) is 6.20 Å². The van der Waals surface area contributed by atoms with Gasteiger partial charge in [0.25, 0.3) is 9.05 Å². The molecule has 0 amide bonds. The first-order chi connectivity index (χ1) is 11.0. The summed E-state index contributed by atoms with van der Waals surface area (Å²) < 4.78 is 30.4. The number of pyridine rings is 1. The number of ether oxygens (including phenoxy) is 1. The highest BCUT2D eigenvalue weighted by Gasteiger charge is 1.98. The van der Waals surface area contributed by atoms with Gasteiger partial charge in [-0.2, -0.15) is 4.21 Å². The molecular weight excluding hydrogens is 404 g/mol. The number of nitrogens with one attached hydrogen (secondary N) is 1. The Morgan fingerprint density at radius 1 is 1.17 bits per heavy atom. The summed E-state index contributed by atoms with van der Waals surface area (Å²) in [6, 6.07) is 3.76. The molecule has 1 aromatic rings. The summed E-state index contributed by atoms with van der Waals surface area (Å²) in [4.78, 5) is 4.15. The van der Waals surface area contributed by atoms with Gasteiger partial charge in [-0.05, 0) is 41.4 Å². The number of unbranched alkanes of at least 4 members (excludes halogenated alkanes) is 4. The van der Waals surface area contributed by atoms with Crippen LogP contribution in [0.2, 0.25) is 0 Å². The van der Waals surface area contributed by atoms with E-state index in [0.717, 1.165) is 43.1 Å². The van der Waals surface area contributed by atoms with Crippen molar-refractivity contribution in [1.29, 1.82) is 0 Å². The fraction of sp³-hybridized carbons (Fsp3) is 0.643. The lowest BCUT2D eigenvalue weighted by Crippen LogP contribution is -2.22. The Labute approximate surface area is 151 Å². The molecule has 0 aromatic carbocycles. The van der Waals surface area contributed by atoms with E-state index in [1.807, 2.05) is 12.1 Å². The van der Waals surface area contributed by atoms with E-state index >= 15 is 0 Å². The molecule has 2 N–H and O–H groups in total. The van der Waals surface area contributed by atoms with E-state index < -0.39 is 9.05 Å². The third-order valence-corrected chi connectivity index (χ3v) is 4.18. The lowest BCUT2D eigenvalue weighted by Gasteiger charge is -2.06. The van der Waals surface area contributed by atoms with E-state index in [4.69, 9.17) is 9.29 Å². The van der Waals surface area contributed by atoms with Crippen LogP contribution in [0.1, 0.15) is 32.1 Å². The predicted molar refractivity (Wildman–Crippen MR) is 97.5 cm³/mol. The van der Waals surface area contributed by atoms with Gasteiger partial charge in [0.15, 0.2) is 0 Å². The molecule has 1 aromatic heterocycles. The van der Waals surface area contributed by atoms with Gasteiger partial charge in [-0.3, -0.25) is 8.74 Å². The molecule has 0 bridgehead atoms. The Morgan fingerprint density at radius 3 is 2.61 bits per heavy atom.